The van der Waals surface area contributed by atoms with Crippen molar-refractivity contribution in [1.29, 1.82) is 0 Å². The minimum absolute atomic E-state index is 0.00773. The van der Waals surface area contributed by atoms with E-state index in [1.165, 1.54) is 17.4 Å². The first-order chi connectivity index (χ1) is 26.9. The maximum atomic E-state index is 14.5. The Hall–Kier alpha value is -5.13. The van der Waals surface area contributed by atoms with Crippen LogP contribution in [0.15, 0.2) is 60.8 Å². The highest BCUT2D eigenvalue weighted by Gasteiger charge is 2.45. The molecular weight excluding hydrogens is 721 g/mol. The standard InChI is InChI=1S/C41H34B4FN5O4S/c1-21-16-25(37(47-18-21)50-19-41(20-50)11-14-55-15-12-41)38(52)49-35-32(44)30(42)29(31(43)33(35)45)40(54)51-13-10-23-17-28(56-36(23)24-7-3-4-9-27(24)51)39(53)48-34-22(2)6-5-8-26(34)46/h3-9,16-18H,10-15,19-20H2,1-2H3,(H,48,53)(H,49,52). The van der Waals surface area contributed by atoms with E-state index in [1.54, 1.807) is 54.4 Å². The molecule has 3 aliphatic rings. The van der Waals surface area contributed by atoms with Gasteiger partial charge in [-0.15, -0.1) is 11.3 Å². The Labute approximate surface area is 334 Å². The van der Waals surface area contributed by atoms with E-state index in [0.717, 1.165) is 55.1 Å². The lowest BCUT2D eigenvalue weighted by Crippen LogP contribution is -2.59. The summed E-state index contributed by atoms with van der Waals surface area (Å²) in [6, 6.07) is 15.5. The van der Waals surface area contributed by atoms with E-state index < -0.39 is 23.5 Å². The fourth-order valence-corrected chi connectivity index (χ4v) is 9.05. The van der Waals surface area contributed by atoms with Gasteiger partial charge in [0.05, 0.1) is 21.8 Å². The summed E-state index contributed by atoms with van der Waals surface area (Å²) in [6.45, 7) is 6.78. The number of fused-ring (bicyclic) bond motifs is 3. The molecule has 272 valence electrons. The van der Waals surface area contributed by atoms with Crippen LogP contribution in [-0.4, -0.2) is 86.9 Å². The van der Waals surface area contributed by atoms with E-state index in [1.807, 2.05) is 19.1 Å². The first kappa shape index (κ1) is 37.8. The third-order valence-electron chi connectivity index (χ3n) is 11.0. The molecule has 9 nitrogen and oxygen atoms in total. The number of carbonyl (C=O) groups is 3. The lowest BCUT2D eigenvalue weighted by Gasteiger charge is -2.53. The Balaban J connectivity index is 1.06. The van der Waals surface area contributed by atoms with E-state index in [-0.39, 0.29) is 50.7 Å². The SMILES string of the molecule is [B]c1c([B])c(C(=O)N2CCc3cc(C(=O)Nc4c(C)cccc4F)sc3-c3ccccc32)c([B])c([B])c1NC(=O)c1cc(C)cnc1N1CC2(CCOCC2)C1. The normalized spacial score (nSPS) is 15.7. The lowest BCUT2D eigenvalue weighted by atomic mass is 9.65. The van der Waals surface area contributed by atoms with Crippen molar-refractivity contribution < 1.29 is 23.5 Å². The van der Waals surface area contributed by atoms with Crippen LogP contribution in [0.2, 0.25) is 0 Å². The van der Waals surface area contributed by atoms with Crippen molar-refractivity contribution in [2.75, 3.05) is 53.3 Å². The summed E-state index contributed by atoms with van der Waals surface area (Å²) >= 11 is 1.26. The second kappa shape index (κ2) is 14.7. The number of para-hydroxylation sites is 2. The number of ether oxygens (including phenoxy) is 1. The van der Waals surface area contributed by atoms with Gasteiger partial charge in [0.25, 0.3) is 17.7 Å². The van der Waals surface area contributed by atoms with Crippen LogP contribution in [0.25, 0.3) is 10.4 Å². The number of benzene rings is 3. The summed E-state index contributed by atoms with van der Waals surface area (Å²) in [5, 5.41) is 5.53. The molecule has 0 aliphatic carbocycles. The Bertz CT molecular complexity index is 2400. The van der Waals surface area contributed by atoms with Crippen LogP contribution in [-0.2, 0) is 11.2 Å². The molecule has 2 aromatic heterocycles. The summed E-state index contributed by atoms with van der Waals surface area (Å²) in [4.78, 5) is 51.2. The predicted molar refractivity (Wildman–Crippen MR) is 224 cm³/mol. The number of rotatable bonds is 6. The number of aryl methyl sites for hydroxylation is 2. The van der Waals surface area contributed by atoms with Crippen molar-refractivity contribution in [3.8, 4) is 10.4 Å². The number of carbonyl (C=O) groups excluding carboxylic acids is 3. The van der Waals surface area contributed by atoms with Crippen LogP contribution >= 0.6 is 11.3 Å². The van der Waals surface area contributed by atoms with Crippen molar-refractivity contribution in [2.24, 2.45) is 5.41 Å². The second-order valence-corrected chi connectivity index (χ2v) is 15.8. The molecule has 8 radical (unpaired) electrons. The zero-order chi connectivity index (χ0) is 39.5. The minimum Gasteiger partial charge on any atom is -0.381 e. The third kappa shape index (κ3) is 6.64. The van der Waals surface area contributed by atoms with Gasteiger partial charge in [-0.3, -0.25) is 14.4 Å². The third-order valence-corrected chi connectivity index (χ3v) is 12.3. The van der Waals surface area contributed by atoms with Crippen LogP contribution in [0.3, 0.4) is 0 Å². The number of pyridine rings is 1. The van der Waals surface area contributed by atoms with Crippen molar-refractivity contribution in [3.63, 3.8) is 0 Å². The fraction of sp³-hybridized carbons (Fsp3) is 0.268. The molecule has 5 heterocycles. The van der Waals surface area contributed by atoms with Gasteiger partial charge in [-0.2, -0.15) is 0 Å². The summed E-state index contributed by atoms with van der Waals surface area (Å²) in [5.74, 6) is -1.42. The summed E-state index contributed by atoms with van der Waals surface area (Å²) in [5.41, 5.74) is 3.65. The lowest BCUT2D eigenvalue weighted by molar-refractivity contribution is -0.000511. The maximum absolute atomic E-state index is 14.5. The van der Waals surface area contributed by atoms with Crippen LogP contribution in [0, 0.1) is 25.1 Å². The van der Waals surface area contributed by atoms with Gasteiger partial charge in [0.15, 0.2) is 0 Å². The quantitative estimate of drug-likeness (QED) is 0.259. The molecule has 8 rings (SSSR count). The number of nitrogens with one attached hydrogen (secondary N) is 2. The number of aromatic nitrogens is 1. The maximum Gasteiger partial charge on any atom is 0.265 e. The molecule has 3 aromatic carbocycles. The van der Waals surface area contributed by atoms with Crippen molar-refractivity contribution in [3.05, 3.63) is 99.3 Å². The number of amides is 3. The zero-order valence-corrected chi connectivity index (χ0v) is 31.8. The summed E-state index contributed by atoms with van der Waals surface area (Å²) in [7, 11) is 26.3. The highest BCUT2D eigenvalue weighted by Crippen LogP contribution is 2.43. The van der Waals surface area contributed by atoms with Gasteiger partial charge < -0.3 is 25.2 Å². The molecule has 1 spiro atoms. The van der Waals surface area contributed by atoms with Gasteiger partial charge in [-0.05, 0) is 74.1 Å². The van der Waals surface area contributed by atoms with E-state index in [9.17, 15) is 18.8 Å². The summed E-state index contributed by atoms with van der Waals surface area (Å²) in [6.07, 6.45) is 4.04. The zero-order valence-electron chi connectivity index (χ0n) is 31.0. The molecule has 5 aromatic rings. The smallest absolute Gasteiger partial charge is 0.265 e. The van der Waals surface area contributed by atoms with Gasteiger partial charge in [-0.1, -0.05) is 52.2 Å². The number of anilines is 4. The van der Waals surface area contributed by atoms with Gasteiger partial charge in [0, 0.05) is 66.2 Å². The topological polar surface area (TPSA) is 104 Å². The number of hydrogen-bond acceptors (Lipinski definition) is 7. The Kier molecular flexibility index (Phi) is 9.95. The largest absolute Gasteiger partial charge is 0.381 e. The molecule has 15 heteroatoms. The van der Waals surface area contributed by atoms with Crippen molar-refractivity contribution >= 4 is 105 Å². The van der Waals surface area contributed by atoms with Crippen LogP contribution in [0.1, 0.15) is 59.9 Å². The molecule has 56 heavy (non-hydrogen) atoms. The first-order valence-electron chi connectivity index (χ1n) is 18.3. The van der Waals surface area contributed by atoms with E-state index >= 15 is 0 Å². The molecule has 3 aliphatic heterocycles. The highest BCUT2D eigenvalue weighted by atomic mass is 32.1. The number of hydrogen-bond donors (Lipinski definition) is 2. The average Bonchev–Trinajstić information content (AvgIpc) is 3.54. The number of halogens is 1. The molecular formula is C41H34B4FN5O4S. The Morgan fingerprint density at radius 2 is 1.57 bits per heavy atom. The second-order valence-electron chi connectivity index (χ2n) is 14.8. The molecule has 3 amide bonds. The molecule has 2 saturated heterocycles. The Morgan fingerprint density at radius 3 is 2.29 bits per heavy atom. The monoisotopic (exact) mass is 755 g/mol. The van der Waals surface area contributed by atoms with E-state index in [4.69, 9.17) is 36.1 Å². The van der Waals surface area contributed by atoms with Gasteiger partial charge in [0.2, 0.25) is 0 Å². The van der Waals surface area contributed by atoms with Crippen LogP contribution in [0.4, 0.5) is 27.3 Å². The number of thiophene rings is 1. The molecule has 0 atom stereocenters. The molecule has 2 fully saturated rings. The molecule has 2 N–H and O–H groups in total. The fourth-order valence-electron chi connectivity index (χ4n) is 7.91. The van der Waals surface area contributed by atoms with E-state index in [0.29, 0.717) is 39.5 Å². The van der Waals surface area contributed by atoms with Gasteiger partial charge in [-0.25, -0.2) is 9.37 Å². The van der Waals surface area contributed by atoms with Gasteiger partial charge in [0.1, 0.15) is 43.0 Å². The van der Waals surface area contributed by atoms with Crippen LogP contribution < -0.4 is 42.3 Å². The van der Waals surface area contributed by atoms with E-state index in [2.05, 4.69) is 20.5 Å². The van der Waals surface area contributed by atoms with Gasteiger partial charge >= 0.3 is 0 Å². The average molecular weight is 755 g/mol. The minimum atomic E-state index is -0.531. The highest BCUT2D eigenvalue weighted by molar-refractivity contribution is 7.17. The molecule has 0 saturated carbocycles. The molecule has 0 unspecified atom stereocenters. The Morgan fingerprint density at radius 1 is 0.875 bits per heavy atom. The van der Waals surface area contributed by atoms with Crippen LogP contribution in [0.5, 0.6) is 0 Å². The van der Waals surface area contributed by atoms with Crippen molar-refractivity contribution in [2.45, 2.75) is 33.1 Å². The number of nitrogens with zero attached hydrogens (tertiary/aromatic N) is 3. The molecule has 0 bridgehead atoms. The first-order valence-corrected chi connectivity index (χ1v) is 19.1. The summed E-state index contributed by atoms with van der Waals surface area (Å²) < 4.78 is 20.1. The predicted octanol–water partition coefficient (Wildman–Crippen LogP) is 3.07. The van der Waals surface area contributed by atoms with Crippen molar-refractivity contribution in [1.82, 2.24) is 4.98 Å².